The monoisotopic (exact) mass is 342 g/mol. The summed E-state index contributed by atoms with van der Waals surface area (Å²) < 4.78 is 26.7. The van der Waals surface area contributed by atoms with Crippen molar-refractivity contribution in [3.63, 3.8) is 0 Å². The number of aromatic nitrogens is 3. The fraction of sp³-hybridized carbons (Fsp3) is 0.273. The van der Waals surface area contributed by atoms with Crippen LogP contribution in [-0.2, 0) is 14.8 Å². The highest BCUT2D eigenvalue weighted by Crippen LogP contribution is 2.24. The second-order valence-corrected chi connectivity index (χ2v) is 7.38. The van der Waals surface area contributed by atoms with Crippen LogP contribution in [0.25, 0.3) is 0 Å². The number of hydrogen-bond donors (Lipinski definition) is 2. The van der Waals surface area contributed by atoms with Gasteiger partial charge in [0, 0.05) is 21.0 Å². The van der Waals surface area contributed by atoms with E-state index >= 15 is 0 Å². The number of thiazole rings is 1. The number of sulfonamides is 1. The molecule has 1 amide bonds. The van der Waals surface area contributed by atoms with Crippen LogP contribution in [0.2, 0.25) is 0 Å². The van der Waals surface area contributed by atoms with Crippen molar-refractivity contribution >= 4 is 44.0 Å². The highest BCUT2D eigenvalue weighted by molar-refractivity contribution is 7.94. The van der Waals surface area contributed by atoms with Gasteiger partial charge in [-0.25, -0.2) is 23.4 Å². The molecule has 0 saturated carbocycles. The third-order valence-corrected chi connectivity index (χ3v) is 5.08. The molecular weight excluding hydrogens is 328 g/mol. The molecule has 0 aliphatic rings. The van der Waals surface area contributed by atoms with Crippen molar-refractivity contribution in [3.8, 4) is 0 Å². The normalized spacial score (nSPS) is 11.0. The quantitative estimate of drug-likeness (QED) is 0.823. The largest absolute Gasteiger partial charge is 0.347 e. The summed E-state index contributed by atoms with van der Waals surface area (Å²) in [6.07, 6.45) is 3.92. The van der Waals surface area contributed by atoms with Crippen molar-refractivity contribution in [2.45, 2.75) is 11.1 Å². The first-order chi connectivity index (χ1) is 10.3. The molecule has 118 valence electrons. The van der Waals surface area contributed by atoms with Crippen LogP contribution in [0, 0.1) is 0 Å². The molecule has 0 fully saturated rings. The maximum Gasteiger partial charge on any atom is 0.273 e. The third-order valence-electron chi connectivity index (χ3n) is 2.32. The zero-order valence-electron chi connectivity index (χ0n) is 12.1. The van der Waals surface area contributed by atoms with Crippen molar-refractivity contribution in [1.29, 1.82) is 0 Å². The zero-order chi connectivity index (χ0) is 16.3. The summed E-state index contributed by atoms with van der Waals surface area (Å²) in [6, 6.07) is 0. The lowest BCUT2D eigenvalue weighted by atomic mass is 10.6. The molecule has 2 N–H and O–H groups in total. The number of amides is 1. The van der Waals surface area contributed by atoms with Gasteiger partial charge in [-0.05, 0) is 0 Å². The van der Waals surface area contributed by atoms with Crippen molar-refractivity contribution in [2.75, 3.05) is 29.0 Å². The van der Waals surface area contributed by atoms with Crippen molar-refractivity contribution in [1.82, 2.24) is 15.0 Å². The summed E-state index contributed by atoms with van der Waals surface area (Å²) in [6.45, 7) is 1.32. The smallest absolute Gasteiger partial charge is 0.273 e. The lowest BCUT2D eigenvalue weighted by Crippen LogP contribution is -2.15. The molecule has 0 bridgehead atoms. The van der Waals surface area contributed by atoms with Crippen LogP contribution in [0.3, 0.4) is 0 Å². The number of nitrogens with one attached hydrogen (secondary N) is 2. The average Bonchev–Trinajstić information content (AvgIpc) is 2.87. The van der Waals surface area contributed by atoms with Gasteiger partial charge in [0.05, 0.1) is 24.3 Å². The molecule has 0 atom stereocenters. The Hall–Kier alpha value is -2.27. The first kappa shape index (κ1) is 16.1. The second-order valence-electron chi connectivity index (χ2n) is 4.44. The maximum absolute atomic E-state index is 12.2. The van der Waals surface area contributed by atoms with E-state index in [1.165, 1.54) is 25.5 Å². The van der Waals surface area contributed by atoms with E-state index in [-0.39, 0.29) is 20.9 Å². The Labute approximate surface area is 131 Å². The average molecular weight is 342 g/mol. The number of nitrogens with zero attached hydrogens (tertiary/aromatic N) is 4. The minimum absolute atomic E-state index is 0.0204. The van der Waals surface area contributed by atoms with E-state index in [0.29, 0.717) is 5.95 Å². The van der Waals surface area contributed by atoms with Crippen LogP contribution in [0.1, 0.15) is 6.92 Å². The lowest BCUT2D eigenvalue weighted by Gasteiger charge is -2.10. The van der Waals surface area contributed by atoms with E-state index in [1.807, 2.05) is 0 Å². The summed E-state index contributed by atoms with van der Waals surface area (Å²) in [5, 5.41) is 2.64. The highest BCUT2D eigenvalue weighted by Gasteiger charge is 2.19. The van der Waals surface area contributed by atoms with Crippen LogP contribution in [0.15, 0.2) is 22.8 Å². The molecule has 2 aromatic rings. The molecule has 0 saturated heterocycles. The van der Waals surface area contributed by atoms with Gasteiger partial charge in [-0.15, -0.1) is 0 Å². The third kappa shape index (κ3) is 3.89. The van der Waals surface area contributed by atoms with Crippen LogP contribution in [-0.4, -0.2) is 43.4 Å². The molecule has 2 aromatic heterocycles. The van der Waals surface area contributed by atoms with Gasteiger partial charge in [0.2, 0.25) is 11.9 Å². The summed E-state index contributed by atoms with van der Waals surface area (Å²) in [5.41, 5.74) is 0.236. The number of carbonyl (C=O) groups is 1. The topological polar surface area (TPSA) is 117 Å². The van der Waals surface area contributed by atoms with Gasteiger partial charge >= 0.3 is 0 Å². The minimum Gasteiger partial charge on any atom is -0.347 e. The first-order valence-corrected chi connectivity index (χ1v) is 8.33. The standard InChI is InChI=1S/C11H14N6O3S2/c1-7(18)15-11-14-6-9(21-11)22(19,20)16-8-4-12-10(13-5-8)17(2)3/h4-6,16H,1-3H3,(H,14,15,18). The Morgan fingerprint density at radius 1 is 1.18 bits per heavy atom. The van der Waals surface area contributed by atoms with E-state index in [2.05, 4.69) is 25.0 Å². The van der Waals surface area contributed by atoms with Gasteiger partial charge in [-0.2, -0.15) is 0 Å². The van der Waals surface area contributed by atoms with E-state index in [0.717, 1.165) is 11.3 Å². The van der Waals surface area contributed by atoms with Gasteiger partial charge in [0.15, 0.2) is 9.34 Å². The molecule has 2 rings (SSSR count). The molecule has 0 unspecified atom stereocenters. The molecule has 9 nitrogen and oxygen atoms in total. The van der Waals surface area contributed by atoms with E-state index < -0.39 is 10.0 Å². The van der Waals surface area contributed by atoms with E-state index in [9.17, 15) is 13.2 Å². The Morgan fingerprint density at radius 3 is 2.36 bits per heavy atom. The highest BCUT2D eigenvalue weighted by atomic mass is 32.2. The molecular formula is C11H14N6O3S2. The van der Waals surface area contributed by atoms with Gasteiger partial charge in [-0.1, -0.05) is 11.3 Å². The Morgan fingerprint density at radius 2 is 1.82 bits per heavy atom. The Kier molecular flexibility index (Phi) is 4.56. The Balaban J connectivity index is 2.16. The molecule has 0 aliphatic carbocycles. The first-order valence-electron chi connectivity index (χ1n) is 6.03. The summed E-state index contributed by atoms with van der Waals surface area (Å²) in [4.78, 5) is 24.5. The summed E-state index contributed by atoms with van der Waals surface area (Å²) >= 11 is 0.853. The van der Waals surface area contributed by atoms with Crippen LogP contribution in [0.5, 0.6) is 0 Å². The van der Waals surface area contributed by atoms with Crippen molar-refractivity contribution < 1.29 is 13.2 Å². The molecule has 0 aromatic carbocycles. The van der Waals surface area contributed by atoms with Crippen molar-refractivity contribution in [3.05, 3.63) is 18.6 Å². The summed E-state index contributed by atoms with van der Waals surface area (Å²) in [5.74, 6) is 0.146. The molecule has 22 heavy (non-hydrogen) atoms. The van der Waals surface area contributed by atoms with Crippen LogP contribution >= 0.6 is 11.3 Å². The molecule has 0 spiro atoms. The number of anilines is 3. The number of carbonyl (C=O) groups excluding carboxylic acids is 1. The second kappa shape index (κ2) is 6.23. The molecule has 0 radical (unpaired) electrons. The molecule has 2 heterocycles. The van der Waals surface area contributed by atoms with Gasteiger partial charge in [-0.3, -0.25) is 9.52 Å². The van der Waals surface area contributed by atoms with Crippen LogP contribution < -0.4 is 14.9 Å². The van der Waals surface area contributed by atoms with Crippen molar-refractivity contribution in [2.24, 2.45) is 0 Å². The number of rotatable bonds is 5. The molecule has 0 aliphatic heterocycles. The summed E-state index contributed by atoms with van der Waals surface area (Å²) in [7, 11) is -0.245. The SMILES string of the molecule is CC(=O)Nc1ncc(S(=O)(=O)Nc2cnc(N(C)C)nc2)s1. The predicted molar refractivity (Wildman–Crippen MR) is 83.6 cm³/mol. The number of hydrogen-bond acceptors (Lipinski definition) is 8. The maximum atomic E-state index is 12.2. The minimum atomic E-state index is -3.80. The fourth-order valence-corrected chi connectivity index (χ4v) is 3.51. The Bertz CT molecular complexity index is 769. The van der Waals surface area contributed by atoms with Gasteiger partial charge in [0.1, 0.15) is 0 Å². The zero-order valence-corrected chi connectivity index (χ0v) is 13.7. The van der Waals surface area contributed by atoms with Gasteiger partial charge < -0.3 is 10.2 Å². The molecule has 11 heteroatoms. The lowest BCUT2D eigenvalue weighted by molar-refractivity contribution is -0.114. The fourth-order valence-electron chi connectivity index (χ4n) is 1.40. The van der Waals surface area contributed by atoms with E-state index in [4.69, 9.17) is 0 Å². The van der Waals surface area contributed by atoms with Gasteiger partial charge in [0.25, 0.3) is 10.0 Å². The van der Waals surface area contributed by atoms with E-state index in [1.54, 1.807) is 19.0 Å². The van der Waals surface area contributed by atoms with Crippen LogP contribution in [0.4, 0.5) is 16.8 Å². The predicted octanol–water partition coefficient (Wildman–Crippen LogP) is 0.758.